The van der Waals surface area contributed by atoms with Crippen molar-refractivity contribution < 1.29 is 38.6 Å². The molecule has 0 aliphatic heterocycles. The Balaban J connectivity index is 2.00. The number of aliphatic hydroxyl groups is 1. The van der Waals surface area contributed by atoms with E-state index in [2.05, 4.69) is 16.0 Å². The Hall–Kier alpha value is -4.65. The quantitative estimate of drug-likeness (QED) is 0.181. The van der Waals surface area contributed by atoms with Gasteiger partial charge in [0, 0.05) is 6.42 Å². The second kappa shape index (κ2) is 15.2. The van der Waals surface area contributed by atoms with Gasteiger partial charge in [-0.05, 0) is 44.0 Å². The number of aliphatic hydroxyl groups excluding tert-OH is 1. The standard InChI is InChI=1S/C28H37N5O8/c1-28(2,3)41-27(39)33-21(14-23(29)35)25(37)32-22(15-34)26(38)31-20(24(30)36)13-17-9-11-19(12-10-17)40-16-18-7-5-4-6-8-18/h4-12,20-22,34H,13-16H2,1-3H3,(H2,29,35)(H2,30,36)(H,31,38)(H,32,37)(H,33,39)/t20-,21+,22+/m0/s1. The maximum atomic E-state index is 12.8. The lowest BCUT2D eigenvalue weighted by atomic mass is 10.0. The van der Waals surface area contributed by atoms with E-state index in [-0.39, 0.29) is 6.42 Å². The maximum absolute atomic E-state index is 12.8. The van der Waals surface area contributed by atoms with Crippen LogP contribution < -0.4 is 32.2 Å². The first-order chi connectivity index (χ1) is 19.3. The van der Waals surface area contributed by atoms with Crippen molar-refractivity contribution in [1.29, 1.82) is 0 Å². The number of hydrogen-bond acceptors (Lipinski definition) is 8. The molecule has 13 heteroatoms. The Morgan fingerprint density at radius 2 is 1.39 bits per heavy atom. The van der Waals surface area contributed by atoms with Gasteiger partial charge in [-0.15, -0.1) is 0 Å². The van der Waals surface area contributed by atoms with Gasteiger partial charge in [0.05, 0.1) is 13.0 Å². The van der Waals surface area contributed by atoms with E-state index in [4.69, 9.17) is 20.9 Å². The molecule has 0 heterocycles. The topological polar surface area (TPSA) is 212 Å². The van der Waals surface area contributed by atoms with Crippen LogP contribution in [0.15, 0.2) is 54.6 Å². The molecule has 0 spiro atoms. The molecule has 0 unspecified atom stereocenters. The molecular formula is C28H37N5O8. The van der Waals surface area contributed by atoms with Crippen molar-refractivity contribution in [3.63, 3.8) is 0 Å². The predicted molar refractivity (Wildman–Crippen MR) is 148 cm³/mol. The Bertz CT molecular complexity index is 1200. The number of rotatable bonds is 14. The third-order valence-electron chi connectivity index (χ3n) is 5.50. The zero-order chi connectivity index (χ0) is 30.6. The fourth-order valence-corrected chi connectivity index (χ4v) is 3.52. The fourth-order valence-electron chi connectivity index (χ4n) is 3.52. The third-order valence-corrected chi connectivity index (χ3v) is 5.50. The smallest absolute Gasteiger partial charge is 0.408 e. The summed E-state index contributed by atoms with van der Waals surface area (Å²) >= 11 is 0. The summed E-state index contributed by atoms with van der Waals surface area (Å²) in [5.41, 5.74) is 11.4. The highest BCUT2D eigenvalue weighted by Gasteiger charge is 2.30. The number of ether oxygens (including phenoxy) is 2. The van der Waals surface area contributed by atoms with Crippen molar-refractivity contribution in [2.45, 2.75) is 63.9 Å². The minimum Gasteiger partial charge on any atom is -0.489 e. The van der Waals surface area contributed by atoms with Crippen LogP contribution in [0.25, 0.3) is 0 Å². The summed E-state index contributed by atoms with van der Waals surface area (Å²) in [6, 6.07) is 12.3. The van der Waals surface area contributed by atoms with E-state index in [0.29, 0.717) is 17.9 Å². The van der Waals surface area contributed by atoms with E-state index in [9.17, 15) is 29.1 Å². The van der Waals surface area contributed by atoms with E-state index in [1.54, 1.807) is 45.0 Å². The number of carbonyl (C=O) groups is 5. The minimum absolute atomic E-state index is 0.0244. The summed E-state index contributed by atoms with van der Waals surface area (Å²) in [7, 11) is 0. The summed E-state index contributed by atoms with van der Waals surface area (Å²) < 4.78 is 10.8. The van der Waals surface area contributed by atoms with Crippen LogP contribution in [0.4, 0.5) is 4.79 Å². The van der Waals surface area contributed by atoms with Gasteiger partial charge < -0.3 is 42.0 Å². The molecule has 13 nitrogen and oxygen atoms in total. The summed E-state index contributed by atoms with van der Waals surface area (Å²) in [6.45, 7) is 4.33. The van der Waals surface area contributed by atoms with Crippen molar-refractivity contribution in [3.05, 3.63) is 65.7 Å². The van der Waals surface area contributed by atoms with E-state index in [1.165, 1.54) is 0 Å². The first kappa shape index (κ1) is 32.6. The number of carbonyl (C=O) groups excluding carboxylic acids is 5. The Labute approximate surface area is 237 Å². The normalized spacial score (nSPS) is 13.2. The van der Waals surface area contributed by atoms with E-state index in [0.717, 1.165) is 5.56 Å². The van der Waals surface area contributed by atoms with Crippen LogP contribution in [0.2, 0.25) is 0 Å². The number of primary amides is 2. The second-order valence-electron chi connectivity index (χ2n) is 10.2. The van der Waals surface area contributed by atoms with Crippen LogP contribution in [0.1, 0.15) is 38.3 Å². The van der Waals surface area contributed by atoms with Crippen molar-refractivity contribution in [2.75, 3.05) is 6.61 Å². The number of hydrogen-bond donors (Lipinski definition) is 6. The van der Waals surface area contributed by atoms with E-state index >= 15 is 0 Å². The minimum atomic E-state index is -1.53. The highest BCUT2D eigenvalue weighted by molar-refractivity contribution is 5.95. The van der Waals surface area contributed by atoms with Gasteiger partial charge in [-0.25, -0.2) is 4.79 Å². The van der Waals surface area contributed by atoms with Gasteiger partial charge in [0.15, 0.2) is 0 Å². The molecule has 0 saturated carbocycles. The number of alkyl carbamates (subject to hydrolysis) is 1. The average molecular weight is 572 g/mol. The summed E-state index contributed by atoms with van der Waals surface area (Å²) in [4.78, 5) is 61.2. The van der Waals surface area contributed by atoms with Crippen LogP contribution in [0.5, 0.6) is 5.75 Å². The zero-order valence-electron chi connectivity index (χ0n) is 23.2. The lowest BCUT2D eigenvalue weighted by Gasteiger charge is -2.25. The molecule has 41 heavy (non-hydrogen) atoms. The molecule has 0 aliphatic carbocycles. The molecule has 0 aliphatic rings. The van der Waals surface area contributed by atoms with Gasteiger partial charge >= 0.3 is 6.09 Å². The Morgan fingerprint density at radius 3 is 1.93 bits per heavy atom. The molecule has 2 aromatic carbocycles. The van der Waals surface area contributed by atoms with Crippen molar-refractivity contribution in [1.82, 2.24) is 16.0 Å². The highest BCUT2D eigenvalue weighted by Crippen LogP contribution is 2.15. The lowest BCUT2D eigenvalue weighted by molar-refractivity contribution is -0.133. The fraction of sp³-hybridized carbons (Fsp3) is 0.393. The molecule has 0 bridgehead atoms. The van der Waals surface area contributed by atoms with Crippen molar-refractivity contribution >= 4 is 29.7 Å². The van der Waals surface area contributed by atoms with Gasteiger partial charge in [-0.3, -0.25) is 19.2 Å². The molecule has 0 fully saturated rings. The van der Waals surface area contributed by atoms with Crippen LogP contribution >= 0.6 is 0 Å². The number of nitrogens with one attached hydrogen (secondary N) is 3. The first-order valence-electron chi connectivity index (χ1n) is 12.8. The predicted octanol–water partition coefficient (Wildman–Crippen LogP) is 0.0240. The highest BCUT2D eigenvalue weighted by atomic mass is 16.6. The number of amides is 5. The largest absolute Gasteiger partial charge is 0.489 e. The Morgan fingerprint density at radius 1 is 0.805 bits per heavy atom. The molecule has 0 radical (unpaired) electrons. The summed E-state index contributed by atoms with van der Waals surface area (Å²) in [5.74, 6) is -3.04. The molecule has 2 aromatic rings. The van der Waals surface area contributed by atoms with Crippen molar-refractivity contribution in [3.8, 4) is 5.75 Å². The molecular weight excluding hydrogens is 534 g/mol. The third kappa shape index (κ3) is 12.0. The van der Waals surface area contributed by atoms with Gasteiger partial charge in [0.25, 0.3) is 0 Å². The average Bonchev–Trinajstić information content (AvgIpc) is 2.89. The van der Waals surface area contributed by atoms with E-state index < -0.39 is 66.5 Å². The molecule has 5 amide bonds. The number of benzene rings is 2. The summed E-state index contributed by atoms with van der Waals surface area (Å²) in [5, 5.41) is 16.6. The molecule has 222 valence electrons. The van der Waals surface area contributed by atoms with Gasteiger partial charge in [0.1, 0.15) is 36.1 Å². The molecule has 3 atom stereocenters. The van der Waals surface area contributed by atoms with E-state index in [1.807, 2.05) is 30.3 Å². The van der Waals surface area contributed by atoms with Crippen LogP contribution in [0.3, 0.4) is 0 Å². The Kier molecular flexibility index (Phi) is 12.1. The second-order valence-corrected chi connectivity index (χ2v) is 10.2. The SMILES string of the molecule is CC(C)(C)OC(=O)N[C@H](CC(N)=O)C(=O)N[C@H](CO)C(=O)N[C@@H](Cc1ccc(OCc2ccccc2)cc1)C(N)=O. The van der Waals surface area contributed by atoms with Gasteiger partial charge in [-0.2, -0.15) is 0 Å². The molecule has 2 rings (SSSR count). The van der Waals surface area contributed by atoms with Crippen molar-refractivity contribution in [2.24, 2.45) is 11.5 Å². The monoisotopic (exact) mass is 571 g/mol. The lowest BCUT2D eigenvalue weighted by Crippen LogP contribution is -2.58. The zero-order valence-corrected chi connectivity index (χ0v) is 23.2. The molecule has 8 N–H and O–H groups in total. The molecule has 0 saturated heterocycles. The summed E-state index contributed by atoms with van der Waals surface area (Å²) in [6.07, 6.45) is -1.56. The number of nitrogens with two attached hydrogens (primary N) is 2. The van der Waals surface area contributed by atoms with Crippen LogP contribution in [-0.4, -0.2) is 65.2 Å². The maximum Gasteiger partial charge on any atom is 0.408 e. The first-order valence-corrected chi connectivity index (χ1v) is 12.8. The molecule has 0 aromatic heterocycles. The van der Waals surface area contributed by atoms with Crippen LogP contribution in [0, 0.1) is 0 Å². The van der Waals surface area contributed by atoms with Crippen LogP contribution in [-0.2, 0) is 36.9 Å². The van der Waals surface area contributed by atoms with Gasteiger partial charge in [-0.1, -0.05) is 42.5 Å². The van der Waals surface area contributed by atoms with Gasteiger partial charge in [0.2, 0.25) is 23.6 Å².